The normalized spacial score (nSPS) is 19.1. The lowest BCUT2D eigenvalue weighted by molar-refractivity contribution is 0.0524. The van der Waals surface area contributed by atoms with Gasteiger partial charge in [-0.25, -0.2) is 0 Å². The van der Waals surface area contributed by atoms with Crippen molar-refractivity contribution in [3.8, 4) is 29.1 Å². The minimum atomic E-state index is -0.211. The monoisotopic (exact) mass is 842 g/mol. The smallest absolute Gasteiger partial charge is 0.256 e. The summed E-state index contributed by atoms with van der Waals surface area (Å²) in [6.45, 7) is 3.72. The summed E-state index contributed by atoms with van der Waals surface area (Å²) in [4.78, 5) is 66.8. The molecule has 0 saturated carbocycles. The van der Waals surface area contributed by atoms with Crippen LogP contribution in [0, 0.1) is 11.3 Å². The number of carbonyl (C=O) groups is 4. The van der Waals surface area contributed by atoms with Crippen LogP contribution in [-0.4, -0.2) is 117 Å². The molecule has 0 bridgehead atoms. The molecule has 4 aromatic rings. The van der Waals surface area contributed by atoms with Crippen LogP contribution in [0.3, 0.4) is 0 Å². The van der Waals surface area contributed by atoms with Crippen LogP contribution in [0.2, 0.25) is 0 Å². The summed E-state index contributed by atoms with van der Waals surface area (Å²) in [6.07, 6.45) is 12.4. The van der Waals surface area contributed by atoms with E-state index in [4.69, 9.17) is 14.7 Å². The van der Waals surface area contributed by atoms with E-state index in [-0.39, 0.29) is 77.8 Å². The second-order valence-corrected chi connectivity index (χ2v) is 16.3. The molecule has 3 aliphatic rings. The van der Waals surface area contributed by atoms with Gasteiger partial charge in [0.15, 0.2) is 12.6 Å². The van der Waals surface area contributed by atoms with E-state index in [9.17, 15) is 29.4 Å². The molecule has 2 aromatic heterocycles. The molecule has 7 rings (SSSR count). The molecular weight excluding hydrogens is 789 g/mol. The number of benzene rings is 2. The van der Waals surface area contributed by atoms with Crippen LogP contribution in [0.25, 0.3) is 0 Å². The van der Waals surface area contributed by atoms with Gasteiger partial charge in [0.25, 0.3) is 11.8 Å². The summed E-state index contributed by atoms with van der Waals surface area (Å²) in [5.74, 6) is 0.128. The van der Waals surface area contributed by atoms with Crippen molar-refractivity contribution in [1.82, 2.24) is 24.7 Å². The van der Waals surface area contributed by atoms with E-state index in [1.807, 2.05) is 21.9 Å². The number of aromatic nitrogens is 2. The number of pyridine rings is 2. The molecule has 14 nitrogen and oxygen atoms in total. The van der Waals surface area contributed by atoms with Crippen molar-refractivity contribution in [3.63, 3.8) is 0 Å². The topological polar surface area (TPSA) is 186 Å². The number of hydrogen-bond donors (Lipinski definition) is 2. The first-order chi connectivity index (χ1) is 30.3. The summed E-state index contributed by atoms with van der Waals surface area (Å²) in [5.41, 5.74) is 3.28. The number of piperidine rings is 2. The SMILES string of the molecule is N#CCCc1ncccc1C(=O)N1CCCC[C@H]1CCOc1ccc(C2CCN(CCc3ncccc3C(=O)N3CCCC[C@H]3COc3cccc(O)c3C=O)C2)c(O)c1C=O. The number of phenols is 2. The number of rotatable bonds is 17. The molecule has 0 radical (unpaired) electrons. The Labute approximate surface area is 362 Å². The number of aryl methyl sites for hydroxylation is 1. The average Bonchev–Trinajstić information content (AvgIpc) is 3.78. The number of carbonyl (C=O) groups excluding carboxylic acids is 4. The Bertz CT molecular complexity index is 2280. The van der Waals surface area contributed by atoms with E-state index in [1.165, 1.54) is 6.07 Å². The average molecular weight is 843 g/mol. The van der Waals surface area contributed by atoms with Gasteiger partial charge in [-0.05, 0) is 99.5 Å². The Morgan fingerprint density at radius 3 is 2.11 bits per heavy atom. The van der Waals surface area contributed by atoms with Crippen molar-refractivity contribution in [1.29, 1.82) is 5.26 Å². The van der Waals surface area contributed by atoms with Gasteiger partial charge >= 0.3 is 0 Å². The third-order valence-corrected chi connectivity index (χ3v) is 12.5. The molecule has 2 amide bonds. The van der Waals surface area contributed by atoms with Crippen molar-refractivity contribution >= 4 is 24.4 Å². The molecule has 324 valence electrons. The van der Waals surface area contributed by atoms with Crippen LogP contribution < -0.4 is 9.47 Å². The van der Waals surface area contributed by atoms with Crippen LogP contribution in [0.4, 0.5) is 0 Å². The minimum Gasteiger partial charge on any atom is -0.507 e. The van der Waals surface area contributed by atoms with Gasteiger partial charge in [0.2, 0.25) is 0 Å². The third kappa shape index (κ3) is 10.1. The van der Waals surface area contributed by atoms with E-state index in [0.29, 0.717) is 91.8 Å². The highest BCUT2D eigenvalue weighted by molar-refractivity contribution is 5.96. The van der Waals surface area contributed by atoms with E-state index >= 15 is 0 Å². The number of nitriles is 1. The van der Waals surface area contributed by atoms with E-state index < -0.39 is 0 Å². The highest BCUT2D eigenvalue weighted by atomic mass is 16.5. The fourth-order valence-corrected chi connectivity index (χ4v) is 9.15. The number of likely N-dealkylation sites (tertiary alicyclic amines) is 3. The predicted molar refractivity (Wildman–Crippen MR) is 230 cm³/mol. The predicted octanol–water partition coefficient (Wildman–Crippen LogP) is 6.54. The summed E-state index contributed by atoms with van der Waals surface area (Å²) in [5, 5.41) is 30.6. The van der Waals surface area contributed by atoms with Crippen molar-refractivity contribution in [2.24, 2.45) is 0 Å². The molecule has 3 fully saturated rings. The fourth-order valence-electron chi connectivity index (χ4n) is 9.15. The van der Waals surface area contributed by atoms with Gasteiger partial charge in [0, 0.05) is 76.2 Å². The standard InChI is InChI=1S/C48H54N6O8/c49-21-6-13-41-37(11-7-22-50-41)47(59)53-24-3-1-9-34(53)20-28-61-45-17-16-36(46(58)40(45)31-56)33-18-26-52(29-33)27-19-42-38(12-8-23-51-42)48(60)54-25-4-2-10-35(54)32-62-44-15-5-14-43(57)39(44)30-55/h5,7-8,11-12,14-17,22-23,30-31,33-35,57-58H,1-4,6,9-10,13,18-20,24-29,32H2/t33?,34-,35-/m0/s1. The lowest BCUT2D eigenvalue weighted by atomic mass is 9.95. The molecule has 1 unspecified atom stereocenters. The maximum atomic E-state index is 14.1. The lowest BCUT2D eigenvalue weighted by Crippen LogP contribution is -2.47. The Hall–Kier alpha value is -6.33. The summed E-state index contributed by atoms with van der Waals surface area (Å²) < 4.78 is 12.1. The van der Waals surface area contributed by atoms with E-state index in [1.54, 1.807) is 48.8 Å². The summed E-state index contributed by atoms with van der Waals surface area (Å²) >= 11 is 0. The van der Waals surface area contributed by atoms with Crippen LogP contribution in [0.1, 0.15) is 122 Å². The molecule has 0 aliphatic carbocycles. The molecule has 62 heavy (non-hydrogen) atoms. The second-order valence-electron chi connectivity index (χ2n) is 16.3. The summed E-state index contributed by atoms with van der Waals surface area (Å²) in [7, 11) is 0. The highest BCUT2D eigenvalue weighted by Gasteiger charge is 2.33. The first-order valence-corrected chi connectivity index (χ1v) is 21.7. The Morgan fingerprint density at radius 2 is 1.42 bits per heavy atom. The van der Waals surface area contributed by atoms with Crippen molar-refractivity contribution in [2.75, 3.05) is 45.9 Å². The maximum absolute atomic E-state index is 14.1. The Morgan fingerprint density at radius 1 is 0.758 bits per heavy atom. The van der Waals surface area contributed by atoms with Crippen LogP contribution >= 0.6 is 0 Å². The van der Waals surface area contributed by atoms with Crippen LogP contribution in [0.5, 0.6) is 23.0 Å². The molecule has 3 saturated heterocycles. The first kappa shape index (κ1) is 43.7. The second kappa shape index (κ2) is 21.0. The molecule has 2 N–H and O–H groups in total. The zero-order valence-corrected chi connectivity index (χ0v) is 35.0. The lowest BCUT2D eigenvalue weighted by Gasteiger charge is -2.36. The molecule has 3 aliphatic heterocycles. The van der Waals surface area contributed by atoms with Crippen molar-refractivity contribution in [2.45, 2.75) is 88.6 Å². The summed E-state index contributed by atoms with van der Waals surface area (Å²) in [6, 6.07) is 17.2. The van der Waals surface area contributed by atoms with Gasteiger partial charge in [-0.1, -0.05) is 12.1 Å². The van der Waals surface area contributed by atoms with Crippen molar-refractivity contribution < 1.29 is 38.9 Å². The molecule has 3 atom stereocenters. The minimum absolute atomic E-state index is 0.0136. The van der Waals surface area contributed by atoms with Gasteiger partial charge in [0.05, 0.1) is 52.4 Å². The highest BCUT2D eigenvalue weighted by Crippen LogP contribution is 2.39. The van der Waals surface area contributed by atoms with Gasteiger partial charge in [-0.2, -0.15) is 5.26 Å². The van der Waals surface area contributed by atoms with E-state index in [2.05, 4.69) is 20.9 Å². The molecule has 0 spiro atoms. The number of ether oxygens (including phenoxy) is 2. The van der Waals surface area contributed by atoms with Crippen molar-refractivity contribution in [3.05, 3.63) is 106 Å². The zero-order chi connectivity index (χ0) is 43.4. The first-order valence-electron chi connectivity index (χ1n) is 21.7. The van der Waals surface area contributed by atoms with Gasteiger partial charge in [0.1, 0.15) is 29.6 Å². The number of aldehydes is 2. The molecule has 14 heteroatoms. The molecular formula is C48H54N6O8. The van der Waals surface area contributed by atoms with Crippen LogP contribution in [0.15, 0.2) is 67.0 Å². The maximum Gasteiger partial charge on any atom is 0.256 e. The number of amides is 2. The Balaban J connectivity index is 0.940. The largest absolute Gasteiger partial charge is 0.507 e. The van der Waals surface area contributed by atoms with Gasteiger partial charge < -0.3 is 34.4 Å². The molecule has 2 aromatic carbocycles. The molecule has 5 heterocycles. The number of nitrogens with zero attached hydrogens (tertiary/aromatic N) is 6. The fraction of sp³-hybridized carbons (Fsp3) is 0.438. The number of hydrogen-bond acceptors (Lipinski definition) is 12. The number of aromatic hydroxyl groups is 2. The van der Waals surface area contributed by atoms with Gasteiger partial charge in [-0.3, -0.25) is 29.1 Å². The van der Waals surface area contributed by atoms with Crippen LogP contribution in [-0.2, 0) is 12.8 Å². The third-order valence-electron chi connectivity index (χ3n) is 12.5. The van der Waals surface area contributed by atoms with Gasteiger partial charge in [-0.15, -0.1) is 0 Å². The quantitative estimate of drug-likeness (QED) is 0.110. The van der Waals surface area contributed by atoms with E-state index in [0.717, 1.165) is 51.5 Å². The number of phenolic OH excluding ortho intramolecular Hbond substituents is 2. The Kier molecular flexibility index (Phi) is 14.8. The zero-order valence-electron chi connectivity index (χ0n) is 35.0.